The predicted molar refractivity (Wildman–Crippen MR) is 81.7 cm³/mol. The molecule has 1 fully saturated rings. The number of urea groups is 1. The van der Waals surface area contributed by atoms with Gasteiger partial charge in [-0.3, -0.25) is 10.1 Å². The smallest absolute Gasteiger partial charge is 0.323 e. The van der Waals surface area contributed by atoms with Crippen LogP contribution in [0.25, 0.3) is 0 Å². The van der Waals surface area contributed by atoms with E-state index >= 15 is 0 Å². The van der Waals surface area contributed by atoms with Crippen molar-refractivity contribution < 1.29 is 14.7 Å². The number of hydrogen-bond acceptors (Lipinski definition) is 4. The first kappa shape index (κ1) is 15.8. The lowest BCUT2D eigenvalue weighted by molar-refractivity contribution is -0.150. The molecule has 0 radical (unpaired) electrons. The molecule has 1 aromatic heterocycles. The van der Waals surface area contributed by atoms with Crippen LogP contribution >= 0.6 is 11.3 Å². The topological polar surface area (TPSA) is 82.5 Å². The lowest BCUT2D eigenvalue weighted by Gasteiger charge is -2.28. The van der Waals surface area contributed by atoms with Gasteiger partial charge in [0.1, 0.15) is 0 Å². The minimum absolute atomic E-state index is 0.0165. The van der Waals surface area contributed by atoms with Gasteiger partial charge in [-0.1, -0.05) is 13.8 Å². The third kappa shape index (κ3) is 2.88. The number of carboxylic acid groups (broad SMARTS) is 1. The van der Waals surface area contributed by atoms with Crippen molar-refractivity contribution in [1.82, 2.24) is 9.88 Å². The first-order valence-electron chi connectivity index (χ1n) is 6.99. The van der Waals surface area contributed by atoms with Gasteiger partial charge in [-0.2, -0.15) is 0 Å². The van der Waals surface area contributed by atoms with Crippen LogP contribution < -0.4 is 5.32 Å². The standard InChI is InChI=1S/C14H21N3O3S/c1-8(2)14(11(18)19)5-6-17(7-14)13(20)16-12-15-9(3)10(4)21-12/h8H,5-7H2,1-4H3,(H,18,19)(H,15,16,20). The Bertz CT molecular complexity index is 550. The molecule has 0 saturated carbocycles. The third-order valence-electron chi connectivity index (χ3n) is 4.36. The van der Waals surface area contributed by atoms with Gasteiger partial charge in [-0.15, -0.1) is 11.3 Å². The second-order valence-electron chi connectivity index (χ2n) is 5.88. The maximum atomic E-state index is 12.3. The lowest BCUT2D eigenvalue weighted by atomic mass is 9.76. The van der Waals surface area contributed by atoms with Gasteiger partial charge < -0.3 is 10.0 Å². The number of aryl methyl sites for hydroxylation is 2. The molecular weight excluding hydrogens is 290 g/mol. The van der Waals surface area contributed by atoms with Crippen molar-refractivity contribution in [3.8, 4) is 0 Å². The molecule has 0 bridgehead atoms. The number of nitrogens with zero attached hydrogens (tertiary/aromatic N) is 2. The van der Waals surface area contributed by atoms with E-state index in [-0.39, 0.29) is 18.5 Å². The molecule has 2 N–H and O–H groups in total. The van der Waals surface area contributed by atoms with Gasteiger partial charge in [-0.05, 0) is 26.2 Å². The molecule has 2 amide bonds. The van der Waals surface area contributed by atoms with Crippen LogP contribution in [0.15, 0.2) is 0 Å². The molecule has 1 saturated heterocycles. The zero-order chi connectivity index (χ0) is 15.8. The van der Waals surface area contributed by atoms with Gasteiger partial charge >= 0.3 is 12.0 Å². The highest BCUT2D eigenvalue weighted by atomic mass is 32.1. The maximum absolute atomic E-state index is 12.3. The highest BCUT2D eigenvalue weighted by Crippen LogP contribution is 2.38. The van der Waals surface area contributed by atoms with Crippen LogP contribution in [0.4, 0.5) is 9.93 Å². The Hall–Kier alpha value is -1.63. The van der Waals surface area contributed by atoms with Crippen LogP contribution in [-0.2, 0) is 4.79 Å². The Morgan fingerprint density at radius 1 is 1.43 bits per heavy atom. The summed E-state index contributed by atoms with van der Waals surface area (Å²) in [6, 6.07) is -0.271. The number of carboxylic acids is 1. The van der Waals surface area contributed by atoms with E-state index in [2.05, 4.69) is 10.3 Å². The van der Waals surface area contributed by atoms with E-state index in [0.717, 1.165) is 10.6 Å². The first-order chi connectivity index (χ1) is 9.76. The SMILES string of the molecule is Cc1nc(NC(=O)N2CCC(C(=O)O)(C(C)C)C2)sc1C. The number of likely N-dealkylation sites (tertiary alicyclic amines) is 1. The fourth-order valence-electron chi connectivity index (χ4n) is 2.60. The molecule has 6 nitrogen and oxygen atoms in total. The number of hydrogen-bond donors (Lipinski definition) is 2. The van der Waals surface area contributed by atoms with Gasteiger partial charge in [0.25, 0.3) is 0 Å². The fraction of sp³-hybridized carbons (Fsp3) is 0.643. The molecule has 1 atom stereocenters. The monoisotopic (exact) mass is 311 g/mol. The number of nitrogens with one attached hydrogen (secondary N) is 1. The molecule has 1 aliphatic heterocycles. The summed E-state index contributed by atoms with van der Waals surface area (Å²) in [4.78, 5) is 30.7. The zero-order valence-corrected chi connectivity index (χ0v) is 13.6. The van der Waals surface area contributed by atoms with E-state index in [9.17, 15) is 14.7 Å². The van der Waals surface area contributed by atoms with Crippen molar-refractivity contribution in [3.05, 3.63) is 10.6 Å². The molecule has 0 aliphatic carbocycles. The van der Waals surface area contributed by atoms with Gasteiger partial charge in [0.2, 0.25) is 0 Å². The van der Waals surface area contributed by atoms with E-state index in [1.165, 1.54) is 11.3 Å². The normalized spacial score (nSPS) is 21.9. The lowest BCUT2D eigenvalue weighted by Crippen LogP contribution is -2.41. The van der Waals surface area contributed by atoms with E-state index < -0.39 is 11.4 Å². The molecule has 1 aromatic rings. The van der Waals surface area contributed by atoms with Crippen molar-refractivity contribution in [3.63, 3.8) is 0 Å². The minimum atomic E-state index is -0.841. The Morgan fingerprint density at radius 2 is 2.10 bits per heavy atom. The molecular formula is C14H21N3O3S. The Morgan fingerprint density at radius 3 is 2.52 bits per heavy atom. The number of thiazole rings is 1. The summed E-state index contributed by atoms with van der Waals surface area (Å²) >= 11 is 1.43. The van der Waals surface area contributed by atoms with Crippen molar-refractivity contribution in [2.75, 3.05) is 18.4 Å². The van der Waals surface area contributed by atoms with Crippen LogP contribution in [-0.4, -0.2) is 40.1 Å². The van der Waals surface area contributed by atoms with Crippen LogP contribution in [0.3, 0.4) is 0 Å². The van der Waals surface area contributed by atoms with Crippen LogP contribution in [0.5, 0.6) is 0 Å². The highest BCUT2D eigenvalue weighted by Gasteiger charge is 2.48. The average Bonchev–Trinajstić information content (AvgIpc) is 2.95. The number of anilines is 1. The molecule has 1 unspecified atom stereocenters. The van der Waals surface area contributed by atoms with Crippen LogP contribution in [0.1, 0.15) is 30.8 Å². The predicted octanol–water partition coefficient (Wildman–Crippen LogP) is 2.72. The zero-order valence-electron chi connectivity index (χ0n) is 12.8. The number of rotatable bonds is 3. The molecule has 7 heteroatoms. The maximum Gasteiger partial charge on any atom is 0.323 e. The van der Waals surface area contributed by atoms with Crippen LogP contribution in [0, 0.1) is 25.2 Å². The van der Waals surface area contributed by atoms with E-state index in [1.54, 1.807) is 4.90 Å². The minimum Gasteiger partial charge on any atom is -0.481 e. The Kier molecular flexibility index (Phi) is 4.22. The molecule has 0 spiro atoms. The Balaban J connectivity index is 2.07. The highest BCUT2D eigenvalue weighted by molar-refractivity contribution is 7.15. The average molecular weight is 311 g/mol. The second kappa shape index (κ2) is 5.63. The first-order valence-corrected chi connectivity index (χ1v) is 7.81. The van der Waals surface area contributed by atoms with E-state index in [0.29, 0.717) is 18.1 Å². The Labute approximate surface area is 128 Å². The van der Waals surface area contributed by atoms with Crippen molar-refractivity contribution >= 4 is 28.5 Å². The summed E-state index contributed by atoms with van der Waals surface area (Å²) in [6.45, 7) is 8.33. The summed E-state index contributed by atoms with van der Waals surface area (Å²) in [5.41, 5.74) is 0.0604. The third-order valence-corrected chi connectivity index (χ3v) is 5.35. The number of carbonyl (C=O) groups is 2. The molecule has 116 valence electrons. The number of aliphatic carboxylic acids is 1. The summed E-state index contributed by atoms with van der Waals surface area (Å²) in [5.74, 6) is -0.842. The fourth-order valence-corrected chi connectivity index (χ4v) is 3.40. The number of carbonyl (C=O) groups excluding carboxylic acids is 1. The summed E-state index contributed by atoms with van der Waals surface area (Å²) in [7, 11) is 0. The molecule has 1 aliphatic rings. The van der Waals surface area contributed by atoms with E-state index in [1.807, 2.05) is 27.7 Å². The van der Waals surface area contributed by atoms with Crippen LogP contribution in [0.2, 0.25) is 0 Å². The van der Waals surface area contributed by atoms with Gasteiger partial charge in [0.05, 0.1) is 11.1 Å². The molecule has 0 aromatic carbocycles. The summed E-state index contributed by atoms with van der Waals surface area (Å²) < 4.78 is 0. The van der Waals surface area contributed by atoms with Crippen molar-refractivity contribution in [1.29, 1.82) is 0 Å². The summed E-state index contributed by atoms with van der Waals surface area (Å²) in [6.07, 6.45) is 0.489. The summed E-state index contributed by atoms with van der Waals surface area (Å²) in [5, 5.41) is 12.8. The van der Waals surface area contributed by atoms with Crippen molar-refractivity contribution in [2.24, 2.45) is 11.3 Å². The largest absolute Gasteiger partial charge is 0.481 e. The van der Waals surface area contributed by atoms with E-state index in [4.69, 9.17) is 0 Å². The molecule has 21 heavy (non-hydrogen) atoms. The van der Waals surface area contributed by atoms with Gasteiger partial charge in [0, 0.05) is 18.0 Å². The molecule has 2 rings (SSSR count). The number of amides is 2. The van der Waals surface area contributed by atoms with Gasteiger partial charge in [0.15, 0.2) is 5.13 Å². The second-order valence-corrected chi connectivity index (χ2v) is 7.08. The van der Waals surface area contributed by atoms with Gasteiger partial charge in [-0.25, -0.2) is 9.78 Å². The van der Waals surface area contributed by atoms with Crippen molar-refractivity contribution in [2.45, 2.75) is 34.1 Å². The molecule has 2 heterocycles. The number of aromatic nitrogens is 1. The quantitative estimate of drug-likeness (QED) is 0.899.